The molecule has 1 aliphatic rings. The quantitative estimate of drug-likeness (QED) is 0.896. The number of rotatable bonds is 4. The van der Waals surface area contributed by atoms with Gasteiger partial charge in [0.15, 0.2) is 0 Å². The molecule has 4 nitrogen and oxygen atoms in total. The van der Waals surface area contributed by atoms with Gasteiger partial charge in [-0.1, -0.05) is 11.6 Å². The minimum absolute atomic E-state index is 0.638. The molecule has 0 spiro atoms. The van der Waals surface area contributed by atoms with Crippen LogP contribution in [0.4, 0.5) is 0 Å². The van der Waals surface area contributed by atoms with Gasteiger partial charge < -0.3 is 10.1 Å². The molecule has 5 heteroatoms. The highest BCUT2D eigenvalue weighted by Crippen LogP contribution is 2.18. The van der Waals surface area contributed by atoms with Gasteiger partial charge in [-0.3, -0.25) is 4.68 Å². The second-order valence-electron chi connectivity index (χ2n) is 4.69. The minimum atomic E-state index is 0.638. The number of nitrogens with zero attached hydrogens (tertiary/aromatic N) is 2. The van der Waals surface area contributed by atoms with Crippen molar-refractivity contribution >= 4 is 11.6 Å². The highest BCUT2D eigenvalue weighted by Gasteiger charge is 2.15. The van der Waals surface area contributed by atoms with E-state index in [1.54, 1.807) is 4.68 Å². The topological polar surface area (TPSA) is 39.1 Å². The number of nitrogens with one attached hydrogen (secondary N) is 1. The molecular formula is C12H20ClN3O. The lowest BCUT2D eigenvalue weighted by Crippen LogP contribution is -2.29. The van der Waals surface area contributed by atoms with Crippen LogP contribution in [0.15, 0.2) is 0 Å². The van der Waals surface area contributed by atoms with Crippen molar-refractivity contribution in [1.29, 1.82) is 0 Å². The molecule has 96 valence electrons. The van der Waals surface area contributed by atoms with Crippen LogP contribution >= 0.6 is 11.6 Å². The zero-order valence-corrected chi connectivity index (χ0v) is 11.3. The fourth-order valence-corrected chi connectivity index (χ4v) is 2.49. The number of hydrogen-bond acceptors (Lipinski definition) is 3. The van der Waals surface area contributed by atoms with Crippen molar-refractivity contribution in [2.45, 2.75) is 26.3 Å². The van der Waals surface area contributed by atoms with Crippen molar-refractivity contribution in [2.24, 2.45) is 13.0 Å². The number of ether oxygens (including phenoxy) is 1. The van der Waals surface area contributed by atoms with Crippen molar-refractivity contribution in [3.05, 3.63) is 16.4 Å². The Morgan fingerprint density at radius 1 is 1.59 bits per heavy atom. The molecule has 0 radical (unpaired) electrons. The third kappa shape index (κ3) is 3.21. The Bertz CT molecular complexity index is 372. The summed E-state index contributed by atoms with van der Waals surface area (Å²) in [6, 6.07) is 0. The molecule has 17 heavy (non-hydrogen) atoms. The van der Waals surface area contributed by atoms with E-state index in [1.807, 2.05) is 14.0 Å². The van der Waals surface area contributed by atoms with Gasteiger partial charge in [0.05, 0.1) is 12.3 Å². The van der Waals surface area contributed by atoms with Crippen molar-refractivity contribution in [2.75, 3.05) is 19.8 Å². The number of aryl methyl sites for hydroxylation is 2. The van der Waals surface area contributed by atoms with Gasteiger partial charge in [0, 0.05) is 32.3 Å². The molecule has 0 saturated carbocycles. The van der Waals surface area contributed by atoms with Gasteiger partial charge in [0.25, 0.3) is 0 Å². The van der Waals surface area contributed by atoms with E-state index in [0.29, 0.717) is 5.92 Å². The Kier molecular flexibility index (Phi) is 4.42. The largest absolute Gasteiger partial charge is 0.381 e. The second kappa shape index (κ2) is 5.85. The zero-order chi connectivity index (χ0) is 12.3. The summed E-state index contributed by atoms with van der Waals surface area (Å²) >= 11 is 6.17. The number of hydrogen-bond donors (Lipinski definition) is 1. The van der Waals surface area contributed by atoms with Gasteiger partial charge >= 0.3 is 0 Å². The summed E-state index contributed by atoms with van der Waals surface area (Å²) in [5.74, 6) is 0.638. The first-order valence-electron chi connectivity index (χ1n) is 6.15. The van der Waals surface area contributed by atoms with E-state index in [0.717, 1.165) is 42.7 Å². The average molecular weight is 258 g/mol. The van der Waals surface area contributed by atoms with Gasteiger partial charge in [0.2, 0.25) is 0 Å². The molecule has 2 heterocycles. The van der Waals surface area contributed by atoms with Crippen LogP contribution in [-0.2, 0) is 18.3 Å². The SMILES string of the molecule is Cc1nn(C)c(Cl)c1CNC[C@H]1CCCOC1. The van der Waals surface area contributed by atoms with Gasteiger partial charge in [-0.2, -0.15) is 5.10 Å². The van der Waals surface area contributed by atoms with Gasteiger partial charge in [0.1, 0.15) is 5.15 Å². The molecular weight excluding hydrogens is 238 g/mol. The summed E-state index contributed by atoms with van der Waals surface area (Å²) in [6.45, 7) is 5.57. The lowest BCUT2D eigenvalue weighted by Gasteiger charge is -2.22. The van der Waals surface area contributed by atoms with E-state index in [2.05, 4.69) is 10.4 Å². The molecule has 2 rings (SSSR count). The summed E-state index contributed by atoms with van der Waals surface area (Å²) in [5, 5.41) is 8.48. The van der Waals surface area contributed by atoms with Crippen molar-refractivity contribution in [3.8, 4) is 0 Å². The molecule has 1 fully saturated rings. The lowest BCUT2D eigenvalue weighted by molar-refractivity contribution is 0.0547. The van der Waals surface area contributed by atoms with E-state index in [-0.39, 0.29) is 0 Å². The average Bonchev–Trinajstić information content (AvgIpc) is 2.57. The Morgan fingerprint density at radius 2 is 2.41 bits per heavy atom. The fraction of sp³-hybridized carbons (Fsp3) is 0.750. The summed E-state index contributed by atoms with van der Waals surface area (Å²) < 4.78 is 7.17. The lowest BCUT2D eigenvalue weighted by atomic mass is 10.0. The van der Waals surface area contributed by atoms with Gasteiger partial charge in [-0.15, -0.1) is 0 Å². The monoisotopic (exact) mass is 257 g/mol. The maximum atomic E-state index is 6.17. The van der Waals surface area contributed by atoms with E-state index >= 15 is 0 Å². The third-order valence-corrected chi connectivity index (χ3v) is 3.73. The van der Waals surface area contributed by atoms with Crippen LogP contribution in [0.2, 0.25) is 5.15 Å². The van der Waals surface area contributed by atoms with E-state index in [1.165, 1.54) is 12.8 Å². The number of aromatic nitrogens is 2. The molecule has 0 aromatic carbocycles. The van der Waals surface area contributed by atoms with Crippen LogP contribution in [0.3, 0.4) is 0 Å². The van der Waals surface area contributed by atoms with Crippen molar-refractivity contribution in [1.82, 2.24) is 15.1 Å². The minimum Gasteiger partial charge on any atom is -0.381 e. The molecule has 0 bridgehead atoms. The molecule has 1 saturated heterocycles. The fourth-order valence-electron chi connectivity index (χ4n) is 2.24. The van der Waals surface area contributed by atoms with Gasteiger partial charge in [-0.05, 0) is 25.7 Å². The Labute approximate surface area is 107 Å². The van der Waals surface area contributed by atoms with Crippen LogP contribution in [0.1, 0.15) is 24.1 Å². The van der Waals surface area contributed by atoms with Crippen molar-refractivity contribution < 1.29 is 4.74 Å². The summed E-state index contributed by atoms with van der Waals surface area (Å²) in [4.78, 5) is 0. The van der Waals surface area contributed by atoms with Crippen LogP contribution in [-0.4, -0.2) is 29.5 Å². The van der Waals surface area contributed by atoms with Crippen LogP contribution in [0, 0.1) is 12.8 Å². The molecule has 0 amide bonds. The van der Waals surface area contributed by atoms with E-state index in [4.69, 9.17) is 16.3 Å². The highest BCUT2D eigenvalue weighted by molar-refractivity contribution is 6.30. The van der Waals surface area contributed by atoms with Crippen LogP contribution < -0.4 is 5.32 Å². The third-order valence-electron chi connectivity index (χ3n) is 3.26. The summed E-state index contributed by atoms with van der Waals surface area (Å²) in [7, 11) is 1.87. The predicted molar refractivity (Wildman–Crippen MR) is 68.2 cm³/mol. The maximum Gasteiger partial charge on any atom is 0.131 e. The summed E-state index contributed by atoms with van der Waals surface area (Å²) in [5.41, 5.74) is 2.11. The molecule has 1 aliphatic heterocycles. The first-order chi connectivity index (χ1) is 8.18. The molecule has 1 aromatic rings. The smallest absolute Gasteiger partial charge is 0.131 e. The normalized spacial score (nSPS) is 20.8. The summed E-state index contributed by atoms with van der Waals surface area (Å²) in [6.07, 6.45) is 2.44. The van der Waals surface area contributed by atoms with Crippen LogP contribution in [0.5, 0.6) is 0 Å². The highest BCUT2D eigenvalue weighted by atomic mass is 35.5. The Balaban J connectivity index is 1.81. The standard InChI is InChI=1S/C12H20ClN3O/c1-9-11(12(13)16(2)15-9)7-14-6-10-4-3-5-17-8-10/h10,14H,3-8H2,1-2H3/t10-/m1/s1. The van der Waals surface area contributed by atoms with E-state index < -0.39 is 0 Å². The first kappa shape index (κ1) is 12.9. The second-order valence-corrected chi connectivity index (χ2v) is 5.05. The molecule has 1 atom stereocenters. The molecule has 1 aromatic heterocycles. The maximum absolute atomic E-state index is 6.17. The molecule has 0 unspecified atom stereocenters. The predicted octanol–water partition coefficient (Wildman–Crippen LogP) is 1.90. The Morgan fingerprint density at radius 3 is 3.00 bits per heavy atom. The van der Waals surface area contributed by atoms with Crippen molar-refractivity contribution in [3.63, 3.8) is 0 Å². The first-order valence-corrected chi connectivity index (χ1v) is 6.52. The zero-order valence-electron chi connectivity index (χ0n) is 10.5. The molecule has 1 N–H and O–H groups in total. The Hall–Kier alpha value is -0.580. The van der Waals surface area contributed by atoms with Gasteiger partial charge in [-0.25, -0.2) is 0 Å². The molecule has 0 aliphatic carbocycles. The number of halogens is 1. The van der Waals surface area contributed by atoms with Crippen LogP contribution in [0.25, 0.3) is 0 Å². The van der Waals surface area contributed by atoms with E-state index in [9.17, 15) is 0 Å².